The Bertz CT molecular complexity index is 163. The molecule has 0 saturated heterocycles. The quantitative estimate of drug-likeness (QED) is 0.619. The van der Waals surface area contributed by atoms with Crippen molar-refractivity contribution in [2.24, 2.45) is 17.8 Å². The summed E-state index contributed by atoms with van der Waals surface area (Å²) in [4.78, 5) is 0. The lowest BCUT2D eigenvalue weighted by molar-refractivity contribution is -0.300. The van der Waals surface area contributed by atoms with Gasteiger partial charge in [0.05, 0.1) is 0 Å². The summed E-state index contributed by atoms with van der Waals surface area (Å²) in [5.41, 5.74) is 0. The zero-order valence-corrected chi connectivity index (χ0v) is 8.00. The summed E-state index contributed by atoms with van der Waals surface area (Å²) >= 11 is 0. The third-order valence-corrected chi connectivity index (χ3v) is 2.28. The van der Waals surface area contributed by atoms with Gasteiger partial charge in [0, 0.05) is 0 Å². The van der Waals surface area contributed by atoms with E-state index in [0.29, 0.717) is 0 Å². The number of halogens is 6. The van der Waals surface area contributed by atoms with Crippen molar-refractivity contribution in [1.82, 2.24) is 0 Å². The number of rotatable bonds is 2. The Morgan fingerprint density at radius 1 is 0.714 bits per heavy atom. The SMILES string of the molecule is CC(C)C(C)C(C(F)(F)F)C(F)(F)F. The van der Waals surface area contributed by atoms with Crippen molar-refractivity contribution >= 4 is 0 Å². The molecule has 0 fully saturated rings. The second-order valence-corrected chi connectivity index (χ2v) is 3.66. The predicted molar refractivity (Wildman–Crippen MR) is 39.6 cm³/mol. The van der Waals surface area contributed by atoms with E-state index in [1.807, 2.05) is 0 Å². The molecule has 0 rings (SSSR count). The van der Waals surface area contributed by atoms with Crippen LogP contribution in [0.4, 0.5) is 26.3 Å². The summed E-state index contributed by atoms with van der Waals surface area (Å²) in [7, 11) is 0. The minimum absolute atomic E-state index is 0.664. The zero-order chi connectivity index (χ0) is 11.7. The fraction of sp³-hybridized carbons (Fsp3) is 1.00. The van der Waals surface area contributed by atoms with Gasteiger partial charge in [0.2, 0.25) is 0 Å². The van der Waals surface area contributed by atoms with Crippen molar-refractivity contribution in [3.05, 3.63) is 0 Å². The van der Waals surface area contributed by atoms with Crippen molar-refractivity contribution in [1.29, 1.82) is 0 Å². The van der Waals surface area contributed by atoms with Gasteiger partial charge in [0.15, 0.2) is 5.92 Å². The van der Waals surface area contributed by atoms with E-state index < -0.39 is 30.1 Å². The maximum Gasteiger partial charge on any atom is 0.400 e. The number of alkyl halides is 6. The van der Waals surface area contributed by atoms with Crippen LogP contribution in [0.3, 0.4) is 0 Å². The van der Waals surface area contributed by atoms with E-state index in [2.05, 4.69) is 0 Å². The van der Waals surface area contributed by atoms with E-state index in [1.54, 1.807) is 0 Å². The van der Waals surface area contributed by atoms with Gasteiger partial charge in [0.25, 0.3) is 0 Å². The molecule has 0 spiro atoms. The maximum atomic E-state index is 12.1. The molecule has 0 aliphatic carbocycles. The van der Waals surface area contributed by atoms with Crippen LogP contribution < -0.4 is 0 Å². The van der Waals surface area contributed by atoms with Crippen LogP contribution in [-0.4, -0.2) is 12.4 Å². The number of hydrogen-bond donors (Lipinski definition) is 0. The molecule has 0 radical (unpaired) electrons. The van der Waals surface area contributed by atoms with E-state index in [9.17, 15) is 26.3 Å². The Morgan fingerprint density at radius 2 is 1.00 bits per heavy atom. The summed E-state index contributed by atoms with van der Waals surface area (Å²) in [6, 6.07) is 0. The van der Waals surface area contributed by atoms with Crippen molar-refractivity contribution in [3.8, 4) is 0 Å². The van der Waals surface area contributed by atoms with Crippen LogP contribution in [0.2, 0.25) is 0 Å². The van der Waals surface area contributed by atoms with Crippen molar-refractivity contribution < 1.29 is 26.3 Å². The lowest BCUT2D eigenvalue weighted by atomic mass is 9.84. The summed E-state index contributed by atoms with van der Waals surface area (Å²) < 4.78 is 72.6. The third kappa shape index (κ3) is 3.38. The summed E-state index contributed by atoms with van der Waals surface area (Å²) in [5, 5.41) is 0. The molecule has 0 aromatic carbocycles. The van der Waals surface area contributed by atoms with Crippen LogP contribution >= 0.6 is 0 Å². The van der Waals surface area contributed by atoms with Crippen molar-refractivity contribution in [2.75, 3.05) is 0 Å². The van der Waals surface area contributed by atoms with E-state index in [4.69, 9.17) is 0 Å². The first-order chi connectivity index (χ1) is 5.98. The van der Waals surface area contributed by atoms with Gasteiger partial charge in [-0.1, -0.05) is 20.8 Å². The molecule has 0 heterocycles. The average molecular weight is 222 g/mol. The molecule has 0 aromatic rings. The molecule has 14 heavy (non-hydrogen) atoms. The highest BCUT2D eigenvalue weighted by molar-refractivity contribution is 4.81. The molecule has 6 heteroatoms. The summed E-state index contributed by atoms with van der Waals surface area (Å²) in [6.07, 6.45) is -10.4. The van der Waals surface area contributed by atoms with Gasteiger partial charge < -0.3 is 0 Å². The van der Waals surface area contributed by atoms with Crippen LogP contribution in [0.5, 0.6) is 0 Å². The Labute approximate surface area is 78.3 Å². The smallest absolute Gasteiger partial charge is 0.170 e. The Hall–Kier alpha value is -0.420. The van der Waals surface area contributed by atoms with Crippen molar-refractivity contribution in [2.45, 2.75) is 33.1 Å². The predicted octanol–water partition coefficient (Wildman–Crippen LogP) is 4.02. The highest BCUT2D eigenvalue weighted by Gasteiger charge is 2.59. The standard InChI is InChI=1S/C8H12F6/c1-4(2)5(3)6(7(9,10)11)8(12,13)14/h4-6H,1-3H3. The van der Waals surface area contributed by atoms with Crippen LogP contribution in [0, 0.1) is 17.8 Å². The molecule has 0 aromatic heterocycles. The van der Waals surface area contributed by atoms with Gasteiger partial charge in [-0.05, 0) is 11.8 Å². The molecule has 0 aliphatic heterocycles. The normalized spacial score (nSPS) is 16.5. The Kier molecular flexibility index (Phi) is 3.86. The van der Waals surface area contributed by atoms with E-state index in [-0.39, 0.29) is 0 Å². The van der Waals surface area contributed by atoms with Crippen LogP contribution in [0.15, 0.2) is 0 Å². The van der Waals surface area contributed by atoms with E-state index in [0.717, 1.165) is 6.92 Å². The average Bonchev–Trinajstić information content (AvgIpc) is 1.79. The fourth-order valence-electron chi connectivity index (χ4n) is 1.17. The minimum Gasteiger partial charge on any atom is -0.170 e. The molecule has 0 aliphatic rings. The molecule has 0 amide bonds. The maximum absolute atomic E-state index is 12.1. The highest BCUT2D eigenvalue weighted by atomic mass is 19.4. The van der Waals surface area contributed by atoms with Gasteiger partial charge in [-0.3, -0.25) is 0 Å². The summed E-state index contributed by atoms with van der Waals surface area (Å²) in [5.74, 6) is -5.35. The highest BCUT2D eigenvalue weighted by Crippen LogP contribution is 2.45. The largest absolute Gasteiger partial charge is 0.400 e. The molecule has 1 atom stereocenters. The second kappa shape index (κ2) is 3.98. The molecular formula is C8H12F6. The van der Waals surface area contributed by atoms with Gasteiger partial charge in [-0.25, -0.2) is 0 Å². The van der Waals surface area contributed by atoms with Gasteiger partial charge in [0.1, 0.15) is 0 Å². The number of hydrogen-bond acceptors (Lipinski definition) is 0. The summed E-state index contributed by atoms with van der Waals surface area (Å²) in [6.45, 7) is 3.65. The Morgan fingerprint density at radius 3 is 1.07 bits per heavy atom. The topological polar surface area (TPSA) is 0 Å². The zero-order valence-electron chi connectivity index (χ0n) is 8.00. The van der Waals surface area contributed by atoms with Crippen LogP contribution in [0.25, 0.3) is 0 Å². The van der Waals surface area contributed by atoms with Crippen molar-refractivity contribution in [3.63, 3.8) is 0 Å². The molecule has 0 N–H and O–H groups in total. The second-order valence-electron chi connectivity index (χ2n) is 3.66. The fourth-order valence-corrected chi connectivity index (χ4v) is 1.17. The molecule has 0 nitrogen and oxygen atoms in total. The van der Waals surface area contributed by atoms with E-state index in [1.165, 1.54) is 13.8 Å². The van der Waals surface area contributed by atoms with E-state index >= 15 is 0 Å². The first kappa shape index (κ1) is 13.6. The van der Waals surface area contributed by atoms with Crippen LogP contribution in [0.1, 0.15) is 20.8 Å². The molecular weight excluding hydrogens is 210 g/mol. The van der Waals surface area contributed by atoms with Gasteiger partial charge >= 0.3 is 12.4 Å². The lowest BCUT2D eigenvalue weighted by Crippen LogP contribution is -2.42. The third-order valence-electron chi connectivity index (χ3n) is 2.28. The monoisotopic (exact) mass is 222 g/mol. The molecule has 86 valence electrons. The van der Waals surface area contributed by atoms with Gasteiger partial charge in [-0.2, -0.15) is 26.3 Å². The minimum atomic E-state index is -5.22. The Balaban J connectivity index is 4.94. The molecule has 0 saturated carbocycles. The van der Waals surface area contributed by atoms with Crippen LogP contribution in [-0.2, 0) is 0 Å². The molecule has 1 unspecified atom stereocenters. The first-order valence-corrected chi connectivity index (χ1v) is 4.11. The molecule has 0 bridgehead atoms. The van der Waals surface area contributed by atoms with Gasteiger partial charge in [-0.15, -0.1) is 0 Å². The first-order valence-electron chi connectivity index (χ1n) is 4.11. The lowest BCUT2D eigenvalue weighted by Gasteiger charge is -2.30.